The summed E-state index contributed by atoms with van der Waals surface area (Å²) in [5, 5.41) is 3.17. The zero-order valence-corrected chi connectivity index (χ0v) is 13.3. The van der Waals surface area contributed by atoms with Gasteiger partial charge in [-0.15, -0.1) is 0 Å². The average Bonchev–Trinajstić information content (AvgIpc) is 2.94. The topological polar surface area (TPSA) is 84.4 Å². The van der Waals surface area contributed by atoms with Crippen LogP contribution in [-0.4, -0.2) is 53.0 Å². The minimum absolute atomic E-state index is 0.119. The molecule has 1 saturated heterocycles. The van der Waals surface area contributed by atoms with Crippen molar-refractivity contribution < 1.29 is 14.3 Å². The number of nitrogens with zero attached hydrogens (tertiary/aromatic N) is 3. The normalized spacial score (nSPS) is 17.4. The first-order valence-corrected chi connectivity index (χ1v) is 7.51. The van der Waals surface area contributed by atoms with E-state index in [1.165, 1.54) is 6.20 Å². The molecule has 0 spiro atoms. The van der Waals surface area contributed by atoms with Crippen LogP contribution in [0.25, 0.3) is 0 Å². The van der Waals surface area contributed by atoms with Crippen LogP contribution >= 0.6 is 0 Å². The van der Waals surface area contributed by atoms with Gasteiger partial charge in [0.25, 0.3) is 0 Å². The summed E-state index contributed by atoms with van der Waals surface area (Å²) in [5.74, 6) is 0.609. The zero-order chi connectivity index (χ0) is 16.1. The van der Waals surface area contributed by atoms with Crippen molar-refractivity contribution in [2.45, 2.75) is 27.2 Å². The van der Waals surface area contributed by atoms with Crippen molar-refractivity contribution in [1.82, 2.24) is 14.9 Å². The highest BCUT2D eigenvalue weighted by Gasteiger charge is 2.24. The minimum atomic E-state index is -0.403. The van der Waals surface area contributed by atoms with E-state index in [-0.39, 0.29) is 5.91 Å². The van der Waals surface area contributed by atoms with E-state index in [1.807, 2.05) is 4.90 Å². The van der Waals surface area contributed by atoms with Crippen LogP contribution in [0, 0.1) is 12.8 Å². The fraction of sp³-hybridized carbons (Fsp3) is 0.600. The van der Waals surface area contributed by atoms with Gasteiger partial charge in [-0.3, -0.25) is 4.79 Å². The minimum Gasteiger partial charge on any atom is -0.462 e. The van der Waals surface area contributed by atoms with Crippen LogP contribution in [-0.2, 0) is 9.53 Å². The molecule has 1 N–H and O–H groups in total. The number of aromatic nitrogens is 2. The lowest BCUT2D eigenvalue weighted by atomic mass is 10.1. The molecular weight excluding hydrogens is 284 g/mol. The van der Waals surface area contributed by atoms with Crippen molar-refractivity contribution in [3.63, 3.8) is 0 Å². The molecule has 1 aromatic rings. The highest BCUT2D eigenvalue weighted by Crippen LogP contribution is 2.17. The molecule has 0 saturated carbocycles. The van der Waals surface area contributed by atoms with Crippen molar-refractivity contribution in [1.29, 1.82) is 0 Å². The van der Waals surface area contributed by atoms with Gasteiger partial charge in [-0.25, -0.2) is 14.8 Å². The third-order valence-electron chi connectivity index (χ3n) is 3.75. The van der Waals surface area contributed by atoms with Crippen molar-refractivity contribution in [3.05, 3.63) is 17.5 Å². The molecule has 1 amide bonds. The number of hydrogen-bond acceptors (Lipinski definition) is 6. The number of esters is 1. The van der Waals surface area contributed by atoms with E-state index in [9.17, 15) is 9.59 Å². The number of rotatable bonds is 5. The van der Waals surface area contributed by atoms with Crippen molar-refractivity contribution >= 4 is 17.8 Å². The van der Waals surface area contributed by atoms with E-state index in [0.29, 0.717) is 36.3 Å². The van der Waals surface area contributed by atoms with Gasteiger partial charge in [0.1, 0.15) is 0 Å². The smallest absolute Gasteiger partial charge is 0.341 e. The zero-order valence-electron chi connectivity index (χ0n) is 13.3. The molecule has 0 aliphatic carbocycles. The molecule has 0 aromatic carbocycles. The number of amides is 1. The molecule has 1 aliphatic rings. The van der Waals surface area contributed by atoms with Crippen LogP contribution in [0.2, 0.25) is 0 Å². The summed E-state index contributed by atoms with van der Waals surface area (Å²) in [6.45, 7) is 7.72. The Labute approximate surface area is 130 Å². The lowest BCUT2D eigenvalue weighted by Crippen LogP contribution is -2.27. The molecule has 22 heavy (non-hydrogen) atoms. The Hall–Kier alpha value is -2.18. The Morgan fingerprint density at radius 2 is 2.27 bits per heavy atom. The molecule has 0 radical (unpaired) electrons. The summed E-state index contributed by atoms with van der Waals surface area (Å²) < 4.78 is 4.95. The Morgan fingerprint density at radius 3 is 2.86 bits per heavy atom. The molecule has 1 aromatic heterocycles. The van der Waals surface area contributed by atoms with Crippen LogP contribution in [0.3, 0.4) is 0 Å². The highest BCUT2D eigenvalue weighted by atomic mass is 16.5. The van der Waals surface area contributed by atoms with Crippen LogP contribution in [0.5, 0.6) is 0 Å². The summed E-state index contributed by atoms with van der Waals surface area (Å²) in [6.07, 6.45) is 2.46. The lowest BCUT2D eigenvalue weighted by Gasteiger charge is -2.14. The number of ether oxygens (including phenoxy) is 1. The first-order valence-electron chi connectivity index (χ1n) is 7.51. The van der Waals surface area contributed by atoms with E-state index < -0.39 is 5.97 Å². The van der Waals surface area contributed by atoms with E-state index >= 15 is 0 Å². The largest absolute Gasteiger partial charge is 0.462 e. The molecular formula is C15H22N4O3. The second kappa shape index (κ2) is 7.20. The second-order valence-electron chi connectivity index (χ2n) is 5.41. The molecule has 7 nitrogen and oxygen atoms in total. The van der Waals surface area contributed by atoms with Gasteiger partial charge in [-0.1, -0.05) is 0 Å². The van der Waals surface area contributed by atoms with Gasteiger partial charge in [0, 0.05) is 32.8 Å². The monoisotopic (exact) mass is 306 g/mol. The molecule has 120 valence electrons. The highest BCUT2D eigenvalue weighted by molar-refractivity contribution is 5.90. The SMILES string of the molecule is CCOC(=O)c1cnc(NCC2CCN(C(C)=O)C2)nc1C. The van der Waals surface area contributed by atoms with Gasteiger partial charge < -0.3 is 15.0 Å². The molecule has 2 heterocycles. The van der Waals surface area contributed by atoms with E-state index in [0.717, 1.165) is 19.5 Å². The quantitative estimate of drug-likeness (QED) is 0.824. The lowest BCUT2D eigenvalue weighted by molar-refractivity contribution is -0.127. The van der Waals surface area contributed by atoms with Gasteiger partial charge in [0.15, 0.2) is 0 Å². The van der Waals surface area contributed by atoms with Crippen LogP contribution in [0.1, 0.15) is 36.3 Å². The molecule has 1 unspecified atom stereocenters. The van der Waals surface area contributed by atoms with Crippen molar-refractivity contribution in [2.75, 3.05) is 31.6 Å². The predicted octanol–water partition coefficient (Wildman–Crippen LogP) is 1.24. The number of hydrogen-bond donors (Lipinski definition) is 1. The summed E-state index contributed by atoms with van der Waals surface area (Å²) in [5.41, 5.74) is 0.976. The number of aryl methyl sites for hydroxylation is 1. The molecule has 1 atom stereocenters. The van der Waals surface area contributed by atoms with Gasteiger partial charge in [0.05, 0.1) is 17.9 Å². The maximum atomic E-state index is 11.7. The standard InChI is InChI=1S/C15H22N4O3/c1-4-22-14(21)13-8-17-15(18-10(13)2)16-7-12-5-6-19(9-12)11(3)20/h8,12H,4-7,9H2,1-3H3,(H,16,17,18). The van der Waals surface area contributed by atoms with Crippen molar-refractivity contribution in [3.8, 4) is 0 Å². The van der Waals surface area contributed by atoms with Crippen LogP contribution in [0.4, 0.5) is 5.95 Å². The fourth-order valence-electron chi connectivity index (χ4n) is 2.48. The maximum Gasteiger partial charge on any atom is 0.341 e. The molecule has 2 rings (SSSR count). The van der Waals surface area contributed by atoms with E-state index in [4.69, 9.17) is 4.74 Å². The molecule has 0 bridgehead atoms. The first kappa shape index (κ1) is 16.2. The number of anilines is 1. The van der Waals surface area contributed by atoms with Crippen LogP contribution < -0.4 is 5.32 Å². The summed E-state index contributed by atoms with van der Waals surface area (Å²) in [6, 6.07) is 0. The molecule has 1 aliphatic heterocycles. The average molecular weight is 306 g/mol. The number of carbonyl (C=O) groups excluding carboxylic acids is 2. The Balaban J connectivity index is 1.90. The summed E-state index contributed by atoms with van der Waals surface area (Å²) in [7, 11) is 0. The van der Waals surface area contributed by atoms with Gasteiger partial charge in [-0.05, 0) is 26.2 Å². The number of likely N-dealkylation sites (tertiary alicyclic amines) is 1. The fourth-order valence-corrected chi connectivity index (χ4v) is 2.48. The molecule has 7 heteroatoms. The number of nitrogens with one attached hydrogen (secondary N) is 1. The summed E-state index contributed by atoms with van der Waals surface area (Å²) in [4.78, 5) is 33.3. The first-order chi connectivity index (χ1) is 10.5. The third kappa shape index (κ3) is 3.93. The Morgan fingerprint density at radius 1 is 1.50 bits per heavy atom. The Kier molecular flexibility index (Phi) is 5.30. The second-order valence-corrected chi connectivity index (χ2v) is 5.41. The van der Waals surface area contributed by atoms with Crippen LogP contribution in [0.15, 0.2) is 6.20 Å². The maximum absolute atomic E-state index is 11.7. The molecule has 1 fully saturated rings. The Bertz CT molecular complexity index is 562. The predicted molar refractivity (Wildman–Crippen MR) is 81.6 cm³/mol. The van der Waals surface area contributed by atoms with Gasteiger partial charge >= 0.3 is 5.97 Å². The van der Waals surface area contributed by atoms with E-state index in [2.05, 4.69) is 15.3 Å². The van der Waals surface area contributed by atoms with E-state index in [1.54, 1.807) is 20.8 Å². The number of carbonyl (C=O) groups is 2. The van der Waals surface area contributed by atoms with Gasteiger partial charge in [0.2, 0.25) is 11.9 Å². The third-order valence-corrected chi connectivity index (χ3v) is 3.75. The summed E-state index contributed by atoms with van der Waals surface area (Å²) >= 11 is 0. The van der Waals surface area contributed by atoms with Gasteiger partial charge in [-0.2, -0.15) is 0 Å². The van der Waals surface area contributed by atoms with Crippen molar-refractivity contribution in [2.24, 2.45) is 5.92 Å².